The number of para-hydroxylation sites is 3. The molecule has 4 aromatic carbocycles. The van der Waals surface area contributed by atoms with Gasteiger partial charge < -0.3 is 5.11 Å². The Kier molecular flexibility index (Phi) is 13.8. The monoisotopic (exact) mass is 970 g/mol. The normalized spacial score (nSPS) is 17.7. The molecule has 0 saturated carbocycles. The van der Waals surface area contributed by atoms with Crippen LogP contribution in [0.3, 0.4) is 0 Å². The minimum Gasteiger partial charge on any atom is -0.507 e. The van der Waals surface area contributed by atoms with Crippen LogP contribution in [-0.2, 0) is 46.6 Å². The molecule has 0 unspecified atom stereocenters. The Hall–Kier alpha value is -5.36. The predicted molar refractivity (Wildman–Crippen MR) is 266 cm³/mol. The van der Waals surface area contributed by atoms with E-state index in [1.54, 1.807) is 0 Å². The molecule has 0 atom stereocenters. The highest BCUT2D eigenvalue weighted by molar-refractivity contribution is 7.86. The van der Waals surface area contributed by atoms with Gasteiger partial charge in [-0.25, -0.2) is 0 Å². The molecule has 7 rings (SSSR count). The lowest BCUT2D eigenvalue weighted by atomic mass is 9.81. The summed E-state index contributed by atoms with van der Waals surface area (Å²) >= 11 is 0. The molecule has 0 radical (unpaired) electrons. The summed E-state index contributed by atoms with van der Waals surface area (Å²) in [6.45, 7) is 13.5. The second kappa shape index (κ2) is 18.6. The highest BCUT2D eigenvalue weighted by Crippen LogP contribution is 2.43. The van der Waals surface area contributed by atoms with Crippen LogP contribution in [0.5, 0.6) is 5.75 Å². The molecule has 354 valence electrons. The standard InChI is InChI=1S/C51H57N3O10S3/c1-49(2)39-16-7-10-19-42(39)52(28-13-31-65(56,57)58)45(49)25-22-36-34-37(23-26-46-50(3,4)40-17-8-11-20-43(40)53(46)29-14-32-66(59,60)61)48(55)38(35-36)24-27-47-51(5,6)41-18-9-12-21-44(41)54(47)30-15-33-67(62,63)64/h7-12,16-27,34-35H,13-15,28-33H2,1-6H3,(H-2,56,57,58,59,60,61,62,63,64)/p+3. The van der Waals surface area contributed by atoms with Crippen LogP contribution in [0.25, 0.3) is 18.2 Å². The van der Waals surface area contributed by atoms with Gasteiger partial charge in [-0.05, 0) is 77.5 Å². The summed E-state index contributed by atoms with van der Waals surface area (Å²) in [5.41, 5.74) is 8.79. The van der Waals surface area contributed by atoms with Gasteiger partial charge in [0.15, 0.2) is 17.1 Å². The van der Waals surface area contributed by atoms with Crippen LogP contribution in [-0.4, -0.2) is 112 Å². The minimum atomic E-state index is -4.19. The number of phenolic OH excluding ortho intramolecular Hbond substituents is 1. The topological polar surface area (TPSA) is 192 Å². The lowest BCUT2D eigenvalue weighted by Gasteiger charge is -2.16. The molecule has 0 saturated heterocycles. The molecule has 3 aliphatic rings. The Bertz CT molecular complexity index is 3030. The van der Waals surface area contributed by atoms with Crippen molar-refractivity contribution >= 4 is 82.8 Å². The van der Waals surface area contributed by atoms with Crippen LogP contribution in [0, 0.1) is 0 Å². The second-order valence-electron chi connectivity index (χ2n) is 19.0. The quantitative estimate of drug-likeness (QED) is 0.0555. The fourth-order valence-electron chi connectivity index (χ4n) is 9.93. The van der Waals surface area contributed by atoms with Crippen molar-refractivity contribution in [3.8, 4) is 5.75 Å². The zero-order valence-electron chi connectivity index (χ0n) is 38.7. The van der Waals surface area contributed by atoms with Crippen molar-refractivity contribution in [2.45, 2.75) is 77.0 Å². The number of hydrogen-bond donors (Lipinski definition) is 4. The molecule has 0 amide bonds. The summed E-state index contributed by atoms with van der Waals surface area (Å²) in [5, 5.41) is 12.2. The highest BCUT2D eigenvalue weighted by atomic mass is 32.2. The summed E-state index contributed by atoms with van der Waals surface area (Å²) in [4.78, 5) is 0. The number of nitrogens with zero attached hydrogens (tertiary/aromatic N) is 3. The van der Waals surface area contributed by atoms with E-state index in [0.717, 1.165) is 56.5 Å². The molecule has 4 N–H and O–H groups in total. The van der Waals surface area contributed by atoms with Gasteiger partial charge in [-0.1, -0.05) is 54.6 Å². The van der Waals surface area contributed by atoms with Gasteiger partial charge in [0.2, 0.25) is 17.1 Å². The summed E-state index contributed by atoms with van der Waals surface area (Å²) in [7, 11) is -12.5. The Morgan fingerprint density at radius 1 is 0.448 bits per heavy atom. The van der Waals surface area contributed by atoms with Crippen molar-refractivity contribution in [2.75, 3.05) is 36.9 Å². The van der Waals surface area contributed by atoms with Crippen molar-refractivity contribution in [1.29, 1.82) is 0 Å². The number of fused-ring (bicyclic) bond motifs is 3. The molecule has 0 aliphatic carbocycles. The fraction of sp³-hybridized carbons (Fsp3) is 0.353. The molecular formula is C51H60N3O10S3+3. The molecule has 0 spiro atoms. The first-order chi connectivity index (χ1) is 31.3. The van der Waals surface area contributed by atoms with Crippen LogP contribution in [0.15, 0.2) is 103 Å². The first-order valence-electron chi connectivity index (χ1n) is 22.3. The van der Waals surface area contributed by atoms with E-state index in [-0.39, 0.29) is 30.8 Å². The van der Waals surface area contributed by atoms with Crippen molar-refractivity contribution < 1.29 is 57.7 Å². The maximum absolute atomic E-state index is 12.2. The van der Waals surface area contributed by atoms with Gasteiger partial charge in [-0.2, -0.15) is 39.0 Å². The molecular weight excluding hydrogens is 911 g/mol. The first kappa shape index (κ1) is 49.5. The van der Waals surface area contributed by atoms with Gasteiger partial charge in [0.1, 0.15) is 25.4 Å². The fourth-order valence-corrected chi connectivity index (χ4v) is 11.4. The number of rotatable bonds is 18. The number of aromatic hydroxyl groups is 1. The van der Waals surface area contributed by atoms with Gasteiger partial charge in [0.25, 0.3) is 30.4 Å². The zero-order valence-corrected chi connectivity index (χ0v) is 41.2. The Labute approximate surface area is 394 Å². The number of allylic oxidation sites excluding steroid dienone is 3. The Balaban J connectivity index is 1.37. The minimum absolute atomic E-state index is 0.00331. The molecule has 0 aromatic heterocycles. The van der Waals surface area contributed by atoms with Gasteiger partial charge in [0.05, 0.1) is 33.5 Å². The average Bonchev–Trinajstić information content (AvgIpc) is 3.69. The smallest absolute Gasteiger partial charge is 0.265 e. The molecule has 3 aliphatic heterocycles. The molecule has 4 aromatic rings. The summed E-state index contributed by atoms with van der Waals surface area (Å²) < 4.78 is 105. The Morgan fingerprint density at radius 3 is 1.03 bits per heavy atom. The summed E-state index contributed by atoms with van der Waals surface area (Å²) in [6.07, 6.45) is 12.1. The molecule has 0 fully saturated rings. The molecule has 0 bridgehead atoms. The number of phenols is 1. The summed E-state index contributed by atoms with van der Waals surface area (Å²) in [5.74, 6) is -1.18. The van der Waals surface area contributed by atoms with Crippen LogP contribution in [0.1, 0.15) is 94.2 Å². The first-order valence-corrected chi connectivity index (χ1v) is 27.1. The lowest BCUT2D eigenvalue weighted by Crippen LogP contribution is -2.28. The van der Waals surface area contributed by atoms with Crippen molar-refractivity contribution in [2.24, 2.45) is 0 Å². The van der Waals surface area contributed by atoms with Crippen LogP contribution >= 0.6 is 0 Å². The van der Waals surface area contributed by atoms with Gasteiger partial charge >= 0.3 is 0 Å². The van der Waals surface area contributed by atoms with E-state index in [1.807, 2.05) is 115 Å². The second-order valence-corrected chi connectivity index (χ2v) is 23.7. The van der Waals surface area contributed by atoms with Crippen LogP contribution in [0.4, 0.5) is 17.1 Å². The van der Waals surface area contributed by atoms with Crippen LogP contribution in [0.2, 0.25) is 0 Å². The van der Waals surface area contributed by atoms with E-state index >= 15 is 0 Å². The van der Waals surface area contributed by atoms with Gasteiger partial charge in [-0.15, -0.1) is 0 Å². The van der Waals surface area contributed by atoms with E-state index < -0.39 is 58.1 Å². The third-order valence-corrected chi connectivity index (χ3v) is 15.6. The lowest BCUT2D eigenvalue weighted by molar-refractivity contribution is -0.437. The molecule has 3 heterocycles. The van der Waals surface area contributed by atoms with E-state index in [9.17, 15) is 44.0 Å². The Morgan fingerprint density at radius 2 is 0.731 bits per heavy atom. The van der Waals surface area contributed by atoms with Gasteiger partial charge in [-0.3, -0.25) is 13.7 Å². The molecule has 67 heavy (non-hydrogen) atoms. The number of hydrogen-bond acceptors (Lipinski definition) is 7. The van der Waals surface area contributed by atoms with Crippen LogP contribution < -0.4 is 0 Å². The van der Waals surface area contributed by atoms with E-state index in [0.29, 0.717) is 30.8 Å². The van der Waals surface area contributed by atoms with Crippen molar-refractivity contribution in [3.63, 3.8) is 0 Å². The van der Waals surface area contributed by atoms with E-state index in [4.69, 9.17) is 0 Å². The summed E-state index contributed by atoms with van der Waals surface area (Å²) in [6, 6.07) is 27.5. The molecule has 13 nitrogen and oxygen atoms in total. The maximum Gasteiger partial charge on any atom is 0.265 e. The van der Waals surface area contributed by atoms with Crippen molar-refractivity contribution in [3.05, 3.63) is 137 Å². The number of benzene rings is 4. The van der Waals surface area contributed by atoms with E-state index in [2.05, 4.69) is 61.3 Å². The van der Waals surface area contributed by atoms with Crippen molar-refractivity contribution in [1.82, 2.24) is 0 Å². The third kappa shape index (κ3) is 10.7. The highest BCUT2D eigenvalue weighted by Gasteiger charge is 2.46. The zero-order chi connectivity index (χ0) is 48.7. The molecule has 16 heteroatoms. The maximum atomic E-state index is 12.2. The SMILES string of the molecule is CC1(C)C(/C=C/c2cc(/C=C/C3=[N+](CCCS(=O)(=O)O)c4ccccc4C3(C)C)c(O)c(/C=C/C3=[N+](CCCS(=O)(=O)O)c4ccccc4C3(C)C)c2)=[N+](CCCS(=O)(=O)O)c2ccccc21. The average molecular weight is 971 g/mol. The van der Waals surface area contributed by atoms with Gasteiger partial charge in [0, 0.05) is 83.5 Å². The predicted octanol–water partition coefficient (Wildman–Crippen LogP) is 8.49. The third-order valence-electron chi connectivity index (χ3n) is 13.2. The largest absolute Gasteiger partial charge is 0.507 e. The van der Waals surface area contributed by atoms with E-state index in [1.165, 1.54) is 0 Å².